The lowest BCUT2D eigenvalue weighted by Gasteiger charge is -2.32. The van der Waals surface area contributed by atoms with Gasteiger partial charge < -0.3 is 49.2 Å². The molecule has 0 saturated heterocycles. The Kier molecular flexibility index (Phi) is 29.4. The lowest BCUT2D eigenvalue weighted by molar-refractivity contribution is -0.170. The second kappa shape index (κ2) is 34.4. The fraction of sp³-hybridized carbons (Fsp3) is 0.615. The van der Waals surface area contributed by atoms with Crippen molar-refractivity contribution in [2.45, 2.75) is 326 Å². The van der Waals surface area contributed by atoms with Crippen LogP contribution in [0.5, 0.6) is 28.7 Å². The van der Waals surface area contributed by atoms with Gasteiger partial charge in [0.2, 0.25) is 0 Å². The smallest absolute Gasteiger partial charge is 0.306 e. The first-order chi connectivity index (χ1) is 47.9. The van der Waals surface area contributed by atoms with Gasteiger partial charge in [0.15, 0.2) is 0 Å². The summed E-state index contributed by atoms with van der Waals surface area (Å²) in [6.07, 6.45) is 1.83. The summed E-state index contributed by atoms with van der Waals surface area (Å²) in [5, 5.41) is 56.3. The Morgan fingerprint density at radius 3 is 0.472 bits per heavy atom. The molecule has 0 fully saturated rings. The molecule has 0 aliphatic heterocycles. The van der Waals surface area contributed by atoms with Crippen LogP contribution in [0.1, 0.15) is 323 Å². The predicted octanol–water partition coefficient (Wildman–Crippen LogP) is 20.0. The zero-order valence-corrected chi connectivity index (χ0v) is 71.0. The van der Waals surface area contributed by atoms with Crippen molar-refractivity contribution < 1.29 is 73.2 Å². The van der Waals surface area contributed by atoms with Crippen molar-refractivity contribution in [1.29, 1.82) is 0 Å². The Morgan fingerprint density at radius 1 is 0.236 bits per heavy atom. The Morgan fingerprint density at radius 2 is 0.358 bits per heavy atom. The second-order valence-corrected chi connectivity index (χ2v) is 39.9. The standard InChI is InChI=1S/C73H108O12.C18H28O3/c1-65(2,3)49-33-45(34-50(61(49)78)66(4,5)6)25-29-57(74)82-41-73(42-83-58(75)30-26-46-35-51(67(7,8)9)62(79)52(36-46)68(10,11)12,43-84-59(76)31-27-47-37-53(69(13,14)15)63(80)54(38-47)70(16,17)18)44-85-60(77)32-28-48-39-55(71(19,20)21)64(81)56(40-48)72(22,23)24;1-17(2,3)13-10-12(8-9-15(19)21-7)11-14(16(13)20)18(4,5)6/h33-40,78-81H,25-32,41-44H2,1-24H3;10-11,20H,8-9H2,1-7H3. The maximum absolute atomic E-state index is 14.1. The van der Waals surface area contributed by atoms with Crippen LogP contribution in [0, 0.1) is 5.41 Å². The molecule has 0 heterocycles. The number of carbonyl (C=O) groups is 5. The van der Waals surface area contributed by atoms with Crippen molar-refractivity contribution in [3.63, 3.8) is 0 Å². The molecule has 0 atom stereocenters. The van der Waals surface area contributed by atoms with Crippen molar-refractivity contribution in [3.8, 4) is 28.7 Å². The minimum atomic E-state index is -1.58. The molecule has 0 radical (unpaired) electrons. The molecule has 0 aliphatic carbocycles. The van der Waals surface area contributed by atoms with Crippen LogP contribution in [-0.4, -0.2) is 88.9 Å². The molecular weight excluding hydrogens is 1330 g/mol. The number of phenolic OH excluding ortho intramolecular Hbond substituents is 5. The molecule has 0 bridgehead atoms. The number of hydrogen-bond donors (Lipinski definition) is 5. The number of rotatable bonds is 23. The van der Waals surface area contributed by atoms with Crippen LogP contribution in [0.25, 0.3) is 0 Å². The molecule has 5 aromatic rings. The minimum absolute atomic E-state index is 0.0629. The third-order valence-corrected chi connectivity index (χ3v) is 19.4. The summed E-state index contributed by atoms with van der Waals surface area (Å²) in [5.74, 6) is -1.33. The van der Waals surface area contributed by atoms with Crippen molar-refractivity contribution in [2.75, 3.05) is 33.5 Å². The third-order valence-electron chi connectivity index (χ3n) is 19.4. The van der Waals surface area contributed by atoms with Gasteiger partial charge in [0, 0.05) is 32.1 Å². The van der Waals surface area contributed by atoms with E-state index in [9.17, 15) is 49.5 Å². The van der Waals surface area contributed by atoms with Gasteiger partial charge in [0.25, 0.3) is 0 Å². The Hall–Kier alpha value is -7.55. The quantitative estimate of drug-likeness (QED) is 0.0302. The summed E-state index contributed by atoms with van der Waals surface area (Å²) >= 11 is 0. The molecule has 0 amide bonds. The first-order valence-corrected chi connectivity index (χ1v) is 37.9. The van der Waals surface area contributed by atoms with Crippen LogP contribution in [-0.2, 0) is 134 Å². The van der Waals surface area contributed by atoms with Gasteiger partial charge in [-0.05, 0) is 170 Å². The largest absolute Gasteiger partial charge is 0.507 e. The Labute approximate surface area is 637 Å². The molecule has 15 heteroatoms. The normalized spacial score (nSPS) is 13.0. The Bertz CT molecular complexity index is 3310. The van der Waals surface area contributed by atoms with Gasteiger partial charge in [-0.1, -0.05) is 268 Å². The number of phenols is 5. The molecular formula is C91H136O15. The molecule has 0 aromatic heterocycles. The van der Waals surface area contributed by atoms with Crippen LogP contribution in [0.3, 0.4) is 0 Å². The van der Waals surface area contributed by atoms with Crippen molar-refractivity contribution in [1.82, 2.24) is 0 Å². The highest BCUT2D eigenvalue weighted by Gasteiger charge is 2.40. The van der Waals surface area contributed by atoms with Gasteiger partial charge >= 0.3 is 29.8 Å². The number of esters is 5. The van der Waals surface area contributed by atoms with Gasteiger partial charge in [-0.2, -0.15) is 0 Å². The van der Waals surface area contributed by atoms with Gasteiger partial charge in [-0.25, -0.2) is 0 Å². The molecule has 0 saturated carbocycles. The molecule has 5 N–H and O–H groups in total. The number of aryl methyl sites for hydroxylation is 5. The molecule has 590 valence electrons. The van der Waals surface area contributed by atoms with Crippen molar-refractivity contribution in [3.05, 3.63) is 144 Å². The van der Waals surface area contributed by atoms with Crippen LogP contribution in [0.2, 0.25) is 0 Å². The molecule has 15 nitrogen and oxygen atoms in total. The van der Waals surface area contributed by atoms with E-state index in [1.165, 1.54) is 7.11 Å². The van der Waals surface area contributed by atoms with Crippen molar-refractivity contribution >= 4 is 29.8 Å². The van der Waals surface area contributed by atoms with Crippen molar-refractivity contribution in [2.24, 2.45) is 5.41 Å². The van der Waals surface area contributed by atoms with E-state index in [2.05, 4.69) is 41.5 Å². The molecule has 5 rings (SSSR count). The van der Waals surface area contributed by atoms with Gasteiger partial charge in [-0.3, -0.25) is 24.0 Å². The van der Waals surface area contributed by atoms with Crippen LogP contribution >= 0.6 is 0 Å². The number of methoxy groups -OCH3 is 1. The van der Waals surface area contributed by atoms with E-state index in [0.29, 0.717) is 18.6 Å². The first kappa shape index (κ1) is 90.8. The molecule has 5 aromatic carbocycles. The summed E-state index contributed by atoms with van der Waals surface area (Å²) in [6.45, 7) is 59.2. The van der Waals surface area contributed by atoms with E-state index in [4.69, 9.17) is 23.7 Å². The minimum Gasteiger partial charge on any atom is -0.507 e. The van der Waals surface area contributed by atoms with E-state index in [1.54, 1.807) is 0 Å². The van der Waals surface area contributed by atoms with E-state index < -0.39 is 99.0 Å². The highest BCUT2D eigenvalue weighted by molar-refractivity contribution is 5.73. The number of hydrogen-bond acceptors (Lipinski definition) is 15. The topological polar surface area (TPSA) is 233 Å². The molecule has 0 unspecified atom stereocenters. The van der Waals surface area contributed by atoms with Crippen LogP contribution in [0.4, 0.5) is 0 Å². The highest BCUT2D eigenvalue weighted by Crippen LogP contribution is 2.46. The lowest BCUT2D eigenvalue weighted by Crippen LogP contribution is -2.44. The summed E-state index contributed by atoms with van der Waals surface area (Å²) in [4.78, 5) is 67.7. The lowest BCUT2D eigenvalue weighted by atomic mass is 9.78. The molecule has 106 heavy (non-hydrogen) atoms. The van der Waals surface area contributed by atoms with Crippen LogP contribution < -0.4 is 0 Å². The summed E-state index contributed by atoms with van der Waals surface area (Å²) in [6, 6.07) is 19.4. The van der Waals surface area contributed by atoms with E-state index >= 15 is 0 Å². The average molecular weight is 1470 g/mol. The number of ether oxygens (including phenoxy) is 5. The SMILES string of the molecule is CC(C)(C)c1cc(CCC(=O)OCC(COC(=O)CCc2cc(C(C)(C)C)c(O)c(C(C)(C)C)c2)(COC(=O)CCc2cc(C(C)(C)C)c(O)c(C(C)(C)C)c2)COC(=O)CCc2cc(C(C)(C)C)c(O)c(C(C)(C)C)c2)cc(C(C)(C)C)c1O.COC(=O)CCc1cc(C(C)(C)C)c(O)c(C(C)(C)C)c1. The summed E-state index contributed by atoms with van der Waals surface area (Å²) < 4.78 is 29.1. The number of carbonyl (C=O) groups excluding carboxylic acids is 5. The van der Waals surface area contributed by atoms with Gasteiger partial charge in [0.1, 0.15) is 60.6 Å². The maximum Gasteiger partial charge on any atom is 0.306 e. The second-order valence-electron chi connectivity index (χ2n) is 39.9. The highest BCUT2D eigenvalue weighted by atomic mass is 16.6. The fourth-order valence-corrected chi connectivity index (χ4v) is 12.7. The average Bonchev–Trinajstić information content (AvgIpc) is 0.807. The predicted molar refractivity (Wildman–Crippen MR) is 427 cm³/mol. The van der Waals surface area contributed by atoms with E-state index in [0.717, 1.165) is 83.5 Å². The summed E-state index contributed by atoms with van der Waals surface area (Å²) in [7, 11) is 1.40. The molecule has 0 aliphatic rings. The van der Waals surface area contributed by atoms with E-state index in [1.807, 2.05) is 227 Å². The monoisotopic (exact) mass is 1470 g/mol. The number of aromatic hydroxyl groups is 5. The van der Waals surface area contributed by atoms with Gasteiger partial charge in [-0.15, -0.1) is 0 Å². The third kappa shape index (κ3) is 26.1. The van der Waals surface area contributed by atoms with Crippen LogP contribution in [0.15, 0.2) is 60.7 Å². The van der Waals surface area contributed by atoms with Gasteiger partial charge in [0.05, 0.1) is 7.11 Å². The first-order valence-electron chi connectivity index (χ1n) is 37.9. The Balaban J connectivity index is 0.000000967. The van der Waals surface area contributed by atoms with E-state index in [-0.39, 0.29) is 91.2 Å². The zero-order valence-electron chi connectivity index (χ0n) is 71.0. The fourth-order valence-electron chi connectivity index (χ4n) is 12.7. The number of benzene rings is 5. The molecule has 0 spiro atoms. The maximum atomic E-state index is 14.1. The zero-order chi connectivity index (χ0) is 81.4. The summed E-state index contributed by atoms with van der Waals surface area (Å²) in [5.41, 5.74) is 7.24.